The van der Waals surface area contributed by atoms with Gasteiger partial charge >= 0.3 is 0 Å². The molecule has 0 aliphatic heterocycles. The minimum absolute atomic E-state index is 1.02. The molecule has 2 rings (SSSR count). The van der Waals surface area contributed by atoms with E-state index in [1.54, 1.807) is 23.7 Å². The van der Waals surface area contributed by atoms with E-state index >= 15 is 0 Å². The van der Waals surface area contributed by atoms with Gasteiger partial charge in [0.25, 0.3) is 0 Å². The molecule has 0 N–H and O–H groups in total. The van der Waals surface area contributed by atoms with Gasteiger partial charge in [-0.05, 0) is 26.0 Å². The highest BCUT2D eigenvalue weighted by molar-refractivity contribution is 7.18. The van der Waals surface area contributed by atoms with Gasteiger partial charge in [0.1, 0.15) is 10.0 Å². The Balaban J connectivity index is 2.26. The lowest BCUT2D eigenvalue weighted by molar-refractivity contribution is 0.874. The van der Waals surface area contributed by atoms with Gasteiger partial charge in [-0.1, -0.05) is 11.3 Å². The molecule has 0 aliphatic rings. The van der Waals surface area contributed by atoms with Crippen molar-refractivity contribution in [1.29, 1.82) is 0 Å². The Morgan fingerprint density at radius 1 is 1.19 bits per heavy atom. The predicted octanol–water partition coefficient (Wildman–Crippen LogP) is 3.05. The number of nitrogens with zero attached hydrogens (tertiary/aromatic N) is 3. The first-order valence-corrected chi connectivity index (χ1v) is 6.28. The summed E-state index contributed by atoms with van der Waals surface area (Å²) < 4.78 is 0. The Bertz CT molecular complexity index is 435. The van der Waals surface area contributed by atoms with Crippen LogP contribution in [0.4, 0.5) is 5.00 Å². The van der Waals surface area contributed by atoms with Crippen LogP contribution in [-0.2, 0) is 0 Å². The highest BCUT2D eigenvalue weighted by atomic mass is 32.1. The summed E-state index contributed by atoms with van der Waals surface area (Å²) in [7, 11) is 0. The molecule has 84 valence electrons. The zero-order chi connectivity index (χ0) is 11.4. The van der Waals surface area contributed by atoms with Crippen LogP contribution in [0.15, 0.2) is 30.7 Å². The summed E-state index contributed by atoms with van der Waals surface area (Å²) in [6, 6.07) is 3.98. The first-order valence-electron chi connectivity index (χ1n) is 5.46. The molecule has 0 atom stereocenters. The van der Waals surface area contributed by atoms with Gasteiger partial charge in [-0.2, -0.15) is 0 Å². The molecule has 0 bridgehead atoms. The molecular weight excluding hydrogens is 218 g/mol. The molecule has 2 aromatic heterocycles. The van der Waals surface area contributed by atoms with E-state index in [1.807, 2.05) is 18.3 Å². The van der Waals surface area contributed by atoms with Crippen LogP contribution >= 0.6 is 11.3 Å². The van der Waals surface area contributed by atoms with E-state index in [0.29, 0.717) is 0 Å². The quantitative estimate of drug-likeness (QED) is 0.812. The summed E-state index contributed by atoms with van der Waals surface area (Å²) in [5.74, 6) is 0. The van der Waals surface area contributed by atoms with Crippen LogP contribution in [0.25, 0.3) is 10.6 Å². The number of pyridine rings is 1. The minimum atomic E-state index is 1.02. The largest absolute Gasteiger partial charge is 0.363 e. The number of aromatic nitrogens is 2. The van der Waals surface area contributed by atoms with Gasteiger partial charge in [0.05, 0.1) is 6.20 Å². The van der Waals surface area contributed by atoms with E-state index in [0.717, 1.165) is 23.7 Å². The van der Waals surface area contributed by atoms with Gasteiger partial charge in [-0.15, -0.1) is 0 Å². The van der Waals surface area contributed by atoms with Crippen molar-refractivity contribution in [2.75, 3.05) is 18.0 Å². The first kappa shape index (κ1) is 11.1. The number of hydrogen-bond acceptors (Lipinski definition) is 4. The van der Waals surface area contributed by atoms with Crippen molar-refractivity contribution < 1.29 is 0 Å². The second-order valence-electron chi connectivity index (χ2n) is 3.41. The van der Waals surface area contributed by atoms with E-state index in [2.05, 4.69) is 28.7 Å². The molecule has 2 heterocycles. The van der Waals surface area contributed by atoms with Crippen LogP contribution in [0.5, 0.6) is 0 Å². The molecule has 16 heavy (non-hydrogen) atoms. The molecule has 0 aromatic carbocycles. The van der Waals surface area contributed by atoms with Crippen LogP contribution in [0, 0.1) is 0 Å². The van der Waals surface area contributed by atoms with Crippen LogP contribution in [0.3, 0.4) is 0 Å². The van der Waals surface area contributed by atoms with Gasteiger partial charge in [0, 0.05) is 31.0 Å². The third kappa shape index (κ3) is 2.22. The average molecular weight is 233 g/mol. The molecule has 0 radical (unpaired) electrons. The van der Waals surface area contributed by atoms with E-state index in [-0.39, 0.29) is 0 Å². The second-order valence-corrected chi connectivity index (χ2v) is 4.42. The fraction of sp³-hybridized carbons (Fsp3) is 0.333. The lowest BCUT2D eigenvalue weighted by Crippen LogP contribution is -2.20. The number of rotatable bonds is 4. The fourth-order valence-corrected chi connectivity index (χ4v) is 2.63. The zero-order valence-corrected chi connectivity index (χ0v) is 10.4. The molecular formula is C12H15N3S. The van der Waals surface area contributed by atoms with Crippen LogP contribution in [0.2, 0.25) is 0 Å². The standard InChI is InChI=1S/C12H15N3S/c1-3-15(4-2)11-9-14-12(16-11)10-5-7-13-8-6-10/h5-9H,3-4H2,1-2H3. The summed E-state index contributed by atoms with van der Waals surface area (Å²) in [6.45, 7) is 6.37. The van der Waals surface area contributed by atoms with Crippen molar-refractivity contribution in [2.45, 2.75) is 13.8 Å². The van der Waals surface area contributed by atoms with Crippen molar-refractivity contribution in [3.05, 3.63) is 30.7 Å². The highest BCUT2D eigenvalue weighted by Gasteiger charge is 2.08. The molecule has 3 nitrogen and oxygen atoms in total. The molecule has 0 spiro atoms. The van der Waals surface area contributed by atoms with Gasteiger partial charge < -0.3 is 4.90 Å². The molecule has 0 saturated heterocycles. The van der Waals surface area contributed by atoms with E-state index in [1.165, 1.54) is 5.00 Å². The molecule has 4 heteroatoms. The van der Waals surface area contributed by atoms with Crippen molar-refractivity contribution >= 4 is 16.3 Å². The summed E-state index contributed by atoms with van der Waals surface area (Å²) in [5.41, 5.74) is 1.14. The summed E-state index contributed by atoms with van der Waals surface area (Å²) >= 11 is 1.73. The molecule has 0 unspecified atom stereocenters. The normalized spacial score (nSPS) is 10.4. The predicted molar refractivity (Wildman–Crippen MR) is 68.9 cm³/mol. The molecule has 0 saturated carbocycles. The Morgan fingerprint density at radius 3 is 2.50 bits per heavy atom. The Morgan fingerprint density at radius 2 is 1.88 bits per heavy atom. The monoisotopic (exact) mass is 233 g/mol. The zero-order valence-electron chi connectivity index (χ0n) is 9.55. The van der Waals surface area contributed by atoms with Crippen LogP contribution < -0.4 is 4.90 Å². The van der Waals surface area contributed by atoms with Crippen molar-refractivity contribution in [3.63, 3.8) is 0 Å². The average Bonchev–Trinajstić information content (AvgIpc) is 2.81. The van der Waals surface area contributed by atoms with Gasteiger partial charge in [-0.25, -0.2) is 4.98 Å². The van der Waals surface area contributed by atoms with Crippen molar-refractivity contribution in [3.8, 4) is 10.6 Å². The lowest BCUT2D eigenvalue weighted by atomic mass is 10.3. The second kappa shape index (κ2) is 5.07. The summed E-state index contributed by atoms with van der Waals surface area (Å²) in [5, 5.41) is 2.29. The Kier molecular flexibility index (Phi) is 3.51. The summed E-state index contributed by atoms with van der Waals surface area (Å²) in [6.07, 6.45) is 5.55. The Labute approximate surface area is 99.8 Å². The number of hydrogen-bond donors (Lipinski definition) is 0. The maximum absolute atomic E-state index is 4.45. The van der Waals surface area contributed by atoms with E-state index in [9.17, 15) is 0 Å². The molecule has 0 aliphatic carbocycles. The topological polar surface area (TPSA) is 29.0 Å². The molecule has 2 aromatic rings. The van der Waals surface area contributed by atoms with Crippen LogP contribution in [0.1, 0.15) is 13.8 Å². The van der Waals surface area contributed by atoms with E-state index in [4.69, 9.17) is 0 Å². The SMILES string of the molecule is CCN(CC)c1cnc(-c2ccncc2)s1. The first-order chi connectivity index (χ1) is 7.85. The van der Waals surface area contributed by atoms with Crippen molar-refractivity contribution in [1.82, 2.24) is 9.97 Å². The molecule has 0 fully saturated rings. The van der Waals surface area contributed by atoms with Gasteiger partial charge in [-0.3, -0.25) is 4.98 Å². The Hall–Kier alpha value is -1.42. The maximum atomic E-state index is 4.45. The molecule has 0 amide bonds. The van der Waals surface area contributed by atoms with Gasteiger partial charge in [0.2, 0.25) is 0 Å². The summed E-state index contributed by atoms with van der Waals surface area (Å²) in [4.78, 5) is 10.8. The number of anilines is 1. The maximum Gasteiger partial charge on any atom is 0.125 e. The van der Waals surface area contributed by atoms with Gasteiger partial charge in [0.15, 0.2) is 0 Å². The van der Waals surface area contributed by atoms with Crippen LogP contribution in [-0.4, -0.2) is 23.1 Å². The number of thiazole rings is 1. The third-order valence-electron chi connectivity index (χ3n) is 2.50. The third-order valence-corrected chi connectivity index (χ3v) is 3.60. The lowest BCUT2D eigenvalue weighted by Gasteiger charge is -2.17. The van der Waals surface area contributed by atoms with E-state index < -0.39 is 0 Å². The highest BCUT2D eigenvalue weighted by Crippen LogP contribution is 2.30. The van der Waals surface area contributed by atoms with Crippen molar-refractivity contribution in [2.24, 2.45) is 0 Å². The fourth-order valence-electron chi connectivity index (χ4n) is 1.58. The minimum Gasteiger partial charge on any atom is -0.363 e. The smallest absolute Gasteiger partial charge is 0.125 e.